The van der Waals surface area contributed by atoms with Crippen LogP contribution in [0.25, 0.3) is 0 Å². The van der Waals surface area contributed by atoms with Crippen LogP contribution in [0.2, 0.25) is 0 Å². The molecule has 0 aliphatic carbocycles. The van der Waals surface area contributed by atoms with Gasteiger partial charge in [0.2, 0.25) is 0 Å². The van der Waals surface area contributed by atoms with Gasteiger partial charge in [0.25, 0.3) is 0 Å². The molecule has 0 aromatic heterocycles. The van der Waals surface area contributed by atoms with E-state index in [0.717, 1.165) is 49.2 Å². The van der Waals surface area contributed by atoms with Gasteiger partial charge in [-0.25, -0.2) is 8.42 Å². The summed E-state index contributed by atoms with van der Waals surface area (Å²) in [7, 11) is 0.195. The fraction of sp³-hybridized carbons (Fsp3) is 0.538. The van der Waals surface area contributed by atoms with Crippen molar-refractivity contribution in [2.24, 2.45) is 5.41 Å². The van der Waals surface area contributed by atoms with E-state index in [1.54, 1.807) is 6.07 Å². The predicted octanol–water partition coefficient (Wildman–Crippen LogP) is 3.59. The Bertz CT molecular complexity index is 1640. The fourth-order valence-electron chi connectivity index (χ4n) is 8.02. The number of aliphatic hydroxyl groups is 1. The van der Waals surface area contributed by atoms with Gasteiger partial charge in [-0.15, -0.1) is 0 Å². The molecule has 8 nitrogen and oxygen atoms in total. The quantitative estimate of drug-likeness (QED) is 0.272. The number of rotatable bonds is 13. The lowest BCUT2D eigenvalue weighted by molar-refractivity contribution is -0.953. The number of piperazine rings is 3. The standard InChI is InChI=1S/C39H55N4O4S.ClH/c1-5-7-18-39(19-8-6-2)30-48(45,46)37-17-16-33(40(3)4)27-36(37)42(38(39)44)34-10-9-11-35(26-34)47-29-32-14-12-31(13-15-32)28-43-23-20-41(21-24-43)22-25-43;/h9-17,26-27,38,44H,5-8,18-25,28-30H2,1-4H3;1H/q+1;/p-1/t38-;/m0./s1. The summed E-state index contributed by atoms with van der Waals surface area (Å²) in [5.41, 5.74) is 3.78. The van der Waals surface area contributed by atoms with Gasteiger partial charge in [-0.3, -0.25) is 4.90 Å². The maximum Gasteiger partial charge on any atom is 0.181 e. The van der Waals surface area contributed by atoms with Crippen molar-refractivity contribution >= 4 is 26.9 Å². The third-order valence-electron chi connectivity index (χ3n) is 11.1. The molecule has 2 bridgehead atoms. The number of sulfone groups is 1. The van der Waals surface area contributed by atoms with Crippen LogP contribution in [0.1, 0.15) is 63.5 Å². The number of hydrogen-bond donors (Lipinski definition) is 1. The molecule has 0 unspecified atom stereocenters. The van der Waals surface area contributed by atoms with E-state index in [4.69, 9.17) is 4.74 Å². The molecule has 3 saturated heterocycles. The normalized spacial score (nSPS) is 23.7. The highest BCUT2D eigenvalue weighted by Crippen LogP contribution is 2.49. The molecular formula is C39H55ClN4O4S. The first-order valence-electron chi connectivity index (χ1n) is 18.0. The van der Waals surface area contributed by atoms with E-state index in [-0.39, 0.29) is 23.1 Å². The van der Waals surface area contributed by atoms with Crippen LogP contribution in [0.4, 0.5) is 17.1 Å². The molecule has 4 aliphatic heterocycles. The van der Waals surface area contributed by atoms with Crippen LogP contribution >= 0.6 is 0 Å². The van der Waals surface area contributed by atoms with Crippen LogP contribution in [0.5, 0.6) is 5.75 Å². The van der Waals surface area contributed by atoms with E-state index in [1.165, 1.54) is 49.3 Å². The van der Waals surface area contributed by atoms with Gasteiger partial charge >= 0.3 is 0 Å². The third-order valence-corrected chi connectivity index (χ3v) is 13.1. The van der Waals surface area contributed by atoms with Gasteiger partial charge in [0, 0.05) is 62.1 Å². The zero-order valence-electron chi connectivity index (χ0n) is 29.8. The molecule has 268 valence electrons. The molecule has 1 atom stereocenters. The van der Waals surface area contributed by atoms with Crippen molar-refractivity contribution in [1.82, 2.24) is 4.90 Å². The highest BCUT2D eigenvalue weighted by molar-refractivity contribution is 7.91. The molecule has 0 radical (unpaired) electrons. The number of nitrogens with zero attached hydrogens (tertiary/aromatic N) is 4. The lowest BCUT2D eigenvalue weighted by Crippen LogP contribution is -3.00. The second-order valence-corrected chi connectivity index (χ2v) is 16.7. The number of fused-ring (bicyclic) bond motifs is 4. The third kappa shape index (κ3) is 8.07. The Hall–Kier alpha value is -2.82. The molecule has 3 fully saturated rings. The fourth-order valence-corrected chi connectivity index (χ4v) is 10.1. The van der Waals surface area contributed by atoms with Gasteiger partial charge in [-0.2, -0.15) is 0 Å². The summed E-state index contributed by atoms with van der Waals surface area (Å²) in [6, 6.07) is 22.1. The summed E-state index contributed by atoms with van der Waals surface area (Å²) in [6.45, 7) is 13.2. The Labute approximate surface area is 300 Å². The molecule has 3 aromatic rings. The van der Waals surface area contributed by atoms with Gasteiger partial charge in [-0.05, 0) is 48.7 Å². The number of ether oxygens (including phenoxy) is 1. The Morgan fingerprint density at radius 1 is 0.898 bits per heavy atom. The van der Waals surface area contributed by atoms with E-state index in [2.05, 4.69) is 43.0 Å². The number of hydrogen-bond acceptors (Lipinski definition) is 7. The maximum absolute atomic E-state index is 14.2. The first-order valence-corrected chi connectivity index (χ1v) is 19.6. The molecule has 10 heteroatoms. The second-order valence-electron chi connectivity index (χ2n) is 14.7. The van der Waals surface area contributed by atoms with E-state index in [0.29, 0.717) is 30.9 Å². The topological polar surface area (TPSA) is 73.3 Å². The van der Waals surface area contributed by atoms with Crippen molar-refractivity contribution in [3.8, 4) is 5.75 Å². The first kappa shape index (κ1) is 37.4. The molecule has 4 aliphatic rings. The summed E-state index contributed by atoms with van der Waals surface area (Å²) in [4.78, 5) is 6.68. The number of unbranched alkanes of at least 4 members (excludes halogenated alkanes) is 2. The van der Waals surface area contributed by atoms with Gasteiger partial charge in [-0.1, -0.05) is 69.9 Å². The van der Waals surface area contributed by atoms with Crippen molar-refractivity contribution < 1.29 is 35.2 Å². The predicted molar refractivity (Wildman–Crippen MR) is 195 cm³/mol. The molecule has 1 N–H and O–H groups in total. The van der Waals surface area contributed by atoms with E-state index in [9.17, 15) is 13.5 Å². The van der Waals surface area contributed by atoms with Crippen molar-refractivity contribution in [2.75, 3.05) is 68.9 Å². The summed E-state index contributed by atoms with van der Waals surface area (Å²) in [5, 5.41) is 12.5. The maximum atomic E-state index is 14.2. The van der Waals surface area contributed by atoms with Crippen LogP contribution in [-0.4, -0.2) is 88.3 Å². The zero-order chi connectivity index (χ0) is 33.9. The van der Waals surface area contributed by atoms with Gasteiger partial charge < -0.3 is 36.5 Å². The SMILES string of the molecule is CCCCC1(CCCC)CS(=O)(=O)c2ccc(N(C)C)cc2N(c2cccc(OCc3ccc(C[N+]45CCN(CC4)CC5)cc3)c2)[C@H]1O.[Cl-]. The average molecular weight is 711 g/mol. The number of aliphatic hydroxyl groups excluding tert-OH is 1. The first-order chi connectivity index (χ1) is 23.1. The number of quaternary nitrogens is 1. The van der Waals surface area contributed by atoms with Crippen molar-refractivity contribution in [3.05, 3.63) is 77.9 Å². The Morgan fingerprint density at radius 2 is 1.53 bits per heavy atom. The summed E-state index contributed by atoms with van der Waals surface area (Å²) in [5.74, 6) is 0.606. The molecule has 0 saturated carbocycles. The van der Waals surface area contributed by atoms with Crippen molar-refractivity contribution in [3.63, 3.8) is 0 Å². The minimum Gasteiger partial charge on any atom is -1.00 e. The number of anilines is 3. The summed E-state index contributed by atoms with van der Waals surface area (Å²) < 4.78 is 35.9. The summed E-state index contributed by atoms with van der Waals surface area (Å²) in [6.07, 6.45) is 3.82. The smallest absolute Gasteiger partial charge is 0.181 e. The Kier molecular flexibility index (Phi) is 11.9. The molecule has 0 spiro atoms. The van der Waals surface area contributed by atoms with Crippen LogP contribution < -0.4 is 26.9 Å². The van der Waals surface area contributed by atoms with Crippen LogP contribution in [0.3, 0.4) is 0 Å². The Morgan fingerprint density at radius 3 is 2.14 bits per heavy atom. The number of halogens is 1. The molecule has 4 heterocycles. The second kappa shape index (κ2) is 15.6. The van der Waals surface area contributed by atoms with Crippen molar-refractivity contribution in [2.45, 2.75) is 76.6 Å². The van der Waals surface area contributed by atoms with Gasteiger partial charge in [0.1, 0.15) is 25.1 Å². The van der Waals surface area contributed by atoms with Crippen LogP contribution in [0.15, 0.2) is 71.6 Å². The Balaban J connectivity index is 0.00000468. The van der Waals surface area contributed by atoms with Crippen LogP contribution in [0, 0.1) is 5.41 Å². The molecule has 3 aromatic carbocycles. The van der Waals surface area contributed by atoms with E-state index >= 15 is 0 Å². The largest absolute Gasteiger partial charge is 1.00 e. The molecule has 7 rings (SSSR count). The van der Waals surface area contributed by atoms with E-state index < -0.39 is 21.5 Å². The highest BCUT2D eigenvalue weighted by Gasteiger charge is 2.48. The zero-order valence-corrected chi connectivity index (χ0v) is 31.4. The summed E-state index contributed by atoms with van der Waals surface area (Å²) >= 11 is 0. The minimum absolute atomic E-state index is 0. The minimum atomic E-state index is -3.69. The van der Waals surface area contributed by atoms with Gasteiger partial charge in [0.15, 0.2) is 9.84 Å². The molecule has 49 heavy (non-hydrogen) atoms. The van der Waals surface area contributed by atoms with Gasteiger partial charge in [0.05, 0.1) is 36.0 Å². The van der Waals surface area contributed by atoms with E-state index in [1.807, 2.05) is 60.3 Å². The van der Waals surface area contributed by atoms with Crippen molar-refractivity contribution in [1.29, 1.82) is 0 Å². The molecule has 0 amide bonds. The lowest BCUT2D eigenvalue weighted by atomic mass is 9.77. The van der Waals surface area contributed by atoms with Crippen LogP contribution in [-0.2, 0) is 23.0 Å². The molecular weight excluding hydrogens is 656 g/mol. The lowest BCUT2D eigenvalue weighted by Gasteiger charge is -2.50. The average Bonchev–Trinajstić information content (AvgIpc) is 3.16. The highest BCUT2D eigenvalue weighted by atomic mass is 35.5. The number of benzene rings is 3. The monoisotopic (exact) mass is 710 g/mol.